The average Bonchev–Trinajstić information content (AvgIpc) is 2.15. The van der Waals surface area contributed by atoms with E-state index in [1.165, 1.54) is 24.3 Å². The lowest BCUT2D eigenvalue weighted by molar-refractivity contribution is -0.384. The Morgan fingerprint density at radius 1 is 1.36 bits per heavy atom. The first-order valence-corrected chi connectivity index (χ1v) is 4.02. The Balaban J connectivity index is 2.74. The van der Waals surface area contributed by atoms with E-state index in [2.05, 4.69) is 5.16 Å². The molecule has 1 aromatic carbocycles. The summed E-state index contributed by atoms with van der Waals surface area (Å²) >= 11 is 0. The number of rotatable bonds is 3. The Hall–Kier alpha value is -1.91. The van der Waals surface area contributed by atoms with Crippen LogP contribution in [0.2, 0.25) is 0 Å². The predicted molar refractivity (Wildman–Crippen MR) is 52.5 cm³/mol. The number of nitrogens with zero attached hydrogens (tertiary/aromatic N) is 2. The number of oxime groups is 1. The van der Waals surface area contributed by atoms with Crippen LogP contribution in [0.4, 0.5) is 5.69 Å². The van der Waals surface area contributed by atoms with Gasteiger partial charge in [0.25, 0.3) is 5.69 Å². The quantitative estimate of drug-likeness (QED) is 0.421. The molecule has 0 spiro atoms. The van der Waals surface area contributed by atoms with Crippen LogP contribution in [-0.4, -0.2) is 10.6 Å². The van der Waals surface area contributed by atoms with E-state index in [0.29, 0.717) is 5.75 Å². The molecular formula is C9H10N2O3. The number of hydrogen-bond acceptors (Lipinski definition) is 4. The van der Waals surface area contributed by atoms with Gasteiger partial charge in [-0.1, -0.05) is 5.16 Å². The van der Waals surface area contributed by atoms with Gasteiger partial charge in [-0.25, -0.2) is 0 Å². The second-order valence-corrected chi connectivity index (χ2v) is 2.88. The van der Waals surface area contributed by atoms with Gasteiger partial charge in [0.05, 0.1) is 10.6 Å². The molecule has 0 aliphatic carbocycles. The minimum atomic E-state index is -0.460. The molecule has 0 N–H and O–H groups in total. The molecule has 1 aromatic rings. The second kappa shape index (κ2) is 4.36. The summed E-state index contributed by atoms with van der Waals surface area (Å²) in [5, 5.41) is 14.0. The molecule has 0 aliphatic rings. The van der Waals surface area contributed by atoms with Gasteiger partial charge in [0.1, 0.15) is 0 Å². The van der Waals surface area contributed by atoms with Crippen molar-refractivity contribution in [3.05, 3.63) is 34.4 Å². The van der Waals surface area contributed by atoms with Gasteiger partial charge in [0.2, 0.25) is 0 Å². The van der Waals surface area contributed by atoms with Gasteiger partial charge in [0.15, 0.2) is 5.75 Å². The van der Waals surface area contributed by atoms with Gasteiger partial charge >= 0.3 is 0 Å². The van der Waals surface area contributed by atoms with Crippen molar-refractivity contribution in [3.63, 3.8) is 0 Å². The van der Waals surface area contributed by atoms with Crippen LogP contribution in [0.5, 0.6) is 5.75 Å². The number of non-ortho nitro benzene ring substituents is 1. The van der Waals surface area contributed by atoms with E-state index in [0.717, 1.165) is 5.71 Å². The van der Waals surface area contributed by atoms with Crippen LogP contribution in [0, 0.1) is 10.1 Å². The zero-order valence-corrected chi connectivity index (χ0v) is 7.93. The molecule has 0 saturated heterocycles. The highest BCUT2D eigenvalue weighted by molar-refractivity contribution is 5.78. The first kappa shape index (κ1) is 10.2. The lowest BCUT2D eigenvalue weighted by Gasteiger charge is -1.97. The van der Waals surface area contributed by atoms with Crippen molar-refractivity contribution in [3.8, 4) is 5.75 Å². The molecule has 0 radical (unpaired) electrons. The summed E-state index contributed by atoms with van der Waals surface area (Å²) in [6.07, 6.45) is 0. The van der Waals surface area contributed by atoms with Crippen LogP contribution in [-0.2, 0) is 0 Å². The fraction of sp³-hybridized carbons (Fsp3) is 0.222. The number of hydrogen-bond donors (Lipinski definition) is 0. The van der Waals surface area contributed by atoms with Crippen LogP contribution >= 0.6 is 0 Å². The van der Waals surface area contributed by atoms with Gasteiger partial charge in [-0.2, -0.15) is 0 Å². The molecule has 14 heavy (non-hydrogen) atoms. The van der Waals surface area contributed by atoms with Crippen molar-refractivity contribution in [2.75, 3.05) is 0 Å². The van der Waals surface area contributed by atoms with Crippen LogP contribution in [0.1, 0.15) is 13.8 Å². The fourth-order valence-electron chi connectivity index (χ4n) is 0.773. The molecular weight excluding hydrogens is 184 g/mol. The number of nitro benzene ring substituents is 1. The van der Waals surface area contributed by atoms with E-state index in [1.54, 1.807) is 13.8 Å². The minimum Gasteiger partial charge on any atom is -0.357 e. The van der Waals surface area contributed by atoms with E-state index in [4.69, 9.17) is 4.84 Å². The van der Waals surface area contributed by atoms with E-state index in [9.17, 15) is 10.1 Å². The Morgan fingerprint density at radius 2 is 1.93 bits per heavy atom. The van der Waals surface area contributed by atoms with E-state index < -0.39 is 4.92 Å². The summed E-state index contributed by atoms with van der Waals surface area (Å²) in [6, 6.07) is 5.75. The largest absolute Gasteiger partial charge is 0.357 e. The van der Waals surface area contributed by atoms with Crippen LogP contribution in [0.3, 0.4) is 0 Å². The predicted octanol–water partition coefficient (Wildman–Crippen LogP) is 2.37. The molecule has 0 aromatic heterocycles. The fourth-order valence-corrected chi connectivity index (χ4v) is 0.773. The molecule has 5 nitrogen and oxygen atoms in total. The van der Waals surface area contributed by atoms with Crippen molar-refractivity contribution in [1.29, 1.82) is 0 Å². The monoisotopic (exact) mass is 194 g/mol. The number of benzene rings is 1. The molecule has 1 rings (SSSR count). The second-order valence-electron chi connectivity index (χ2n) is 2.88. The summed E-state index contributed by atoms with van der Waals surface area (Å²) in [4.78, 5) is 14.8. The number of nitro groups is 1. The third-order valence-corrected chi connectivity index (χ3v) is 1.38. The van der Waals surface area contributed by atoms with Gasteiger partial charge in [-0.05, 0) is 26.0 Å². The third-order valence-electron chi connectivity index (χ3n) is 1.38. The van der Waals surface area contributed by atoms with Crippen LogP contribution in [0.25, 0.3) is 0 Å². The Labute approximate surface area is 81.1 Å². The molecule has 0 unspecified atom stereocenters. The van der Waals surface area contributed by atoms with E-state index >= 15 is 0 Å². The highest BCUT2D eigenvalue weighted by atomic mass is 16.6. The van der Waals surface area contributed by atoms with Gasteiger partial charge in [0, 0.05) is 12.1 Å². The molecule has 0 atom stereocenters. The minimum absolute atomic E-state index is 0.0366. The Morgan fingerprint density at radius 3 is 2.36 bits per heavy atom. The lowest BCUT2D eigenvalue weighted by Crippen LogP contribution is -1.90. The van der Waals surface area contributed by atoms with Crippen LogP contribution in [0.15, 0.2) is 29.4 Å². The highest BCUT2D eigenvalue weighted by Crippen LogP contribution is 2.17. The topological polar surface area (TPSA) is 64.7 Å². The molecule has 5 heteroatoms. The van der Waals surface area contributed by atoms with Crippen molar-refractivity contribution in [1.82, 2.24) is 0 Å². The smallest absolute Gasteiger partial charge is 0.269 e. The summed E-state index contributed by atoms with van der Waals surface area (Å²) < 4.78 is 0. The Bertz CT molecular complexity index is 353. The summed E-state index contributed by atoms with van der Waals surface area (Å²) in [5.74, 6) is 0.483. The maximum Gasteiger partial charge on any atom is 0.269 e. The van der Waals surface area contributed by atoms with Crippen molar-refractivity contribution >= 4 is 11.4 Å². The molecule has 0 heterocycles. The Kier molecular flexibility index (Phi) is 3.17. The van der Waals surface area contributed by atoms with E-state index in [1.807, 2.05) is 0 Å². The third kappa shape index (κ3) is 2.85. The maximum absolute atomic E-state index is 10.3. The maximum atomic E-state index is 10.3. The van der Waals surface area contributed by atoms with Gasteiger partial charge in [-0.3, -0.25) is 10.1 Å². The van der Waals surface area contributed by atoms with Crippen molar-refractivity contribution in [2.45, 2.75) is 13.8 Å². The zero-order valence-electron chi connectivity index (χ0n) is 7.93. The van der Waals surface area contributed by atoms with Gasteiger partial charge in [-0.15, -0.1) is 0 Å². The van der Waals surface area contributed by atoms with Gasteiger partial charge < -0.3 is 4.84 Å². The van der Waals surface area contributed by atoms with E-state index in [-0.39, 0.29) is 5.69 Å². The van der Waals surface area contributed by atoms with Crippen LogP contribution < -0.4 is 4.84 Å². The first-order valence-electron chi connectivity index (χ1n) is 4.02. The molecule has 74 valence electrons. The zero-order chi connectivity index (χ0) is 10.6. The lowest BCUT2D eigenvalue weighted by atomic mass is 10.3. The van der Waals surface area contributed by atoms with Crippen molar-refractivity contribution in [2.24, 2.45) is 5.16 Å². The molecule has 0 aliphatic heterocycles. The summed E-state index contributed by atoms with van der Waals surface area (Å²) in [7, 11) is 0. The average molecular weight is 194 g/mol. The summed E-state index contributed by atoms with van der Waals surface area (Å²) in [5.41, 5.74) is 0.818. The SMILES string of the molecule is CC(C)=NOc1ccc([N+](=O)[O-])cc1. The standard InChI is InChI=1S/C9H10N2O3/c1-7(2)10-14-9-5-3-8(4-6-9)11(12)13/h3-6H,1-2H3. The molecule has 0 bridgehead atoms. The molecule has 0 saturated carbocycles. The molecule has 0 fully saturated rings. The normalized spacial score (nSPS) is 9.29. The first-order chi connectivity index (χ1) is 6.59. The summed E-state index contributed by atoms with van der Waals surface area (Å²) in [6.45, 7) is 3.59. The molecule has 0 amide bonds. The highest BCUT2D eigenvalue weighted by Gasteiger charge is 2.03. The van der Waals surface area contributed by atoms with Crippen molar-refractivity contribution < 1.29 is 9.76 Å².